The molecular weight excluding hydrogens is 504 g/mol. The number of nitrogens with zero attached hydrogens (tertiary/aromatic N) is 3. The first-order valence-corrected chi connectivity index (χ1v) is 8.46. The maximum atomic E-state index is 5.66. The molecule has 0 radical (unpaired) electrons. The molecule has 0 aliphatic heterocycles. The quantitative estimate of drug-likeness (QED) is 0.283. The number of nitrogens with one attached hydrogen (secondary N) is 1. The van der Waals surface area contributed by atoms with Crippen molar-refractivity contribution < 1.29 is 0 Å². The summed E-state index contributed by atoms with van der Waals surface area (Å²) >= 11 is 4.50. The molecular formula is C15H13I2N5. The highest BCUT2D eigenvalue weighted by molar-refractivity contribution is 14.1. The number of hydrazone groups is 1. The fraction of sp³-hybridized carbons (Fsp3) is 0. The van der Waals surface area contributed by atoms with Gasteiger partial charge in [-0.1, -0.05) is 24.3 Å². The summed E-state index contributed by atoms with van der Waals surface area (Å²) in [5, 5.41) is 11.7. The van der Waals surface area contributed by atoms with E-state index < -0.39 is 0 Å². The van der Waals surface area contributed by atoms with Gasteiger partial charge in [-0.05, 0) is 80.6 Å². The van der Waals surface area contributed by atoms with Gasteiger partial charge >= 0.3 is 0 Å². The Hall–Kier alpha value is -1.49. The second-order valence-corrected chi connectivity index (χ2v) is 6.69. The van der Waals surface area contributed by atoms with E-state index in [1.165, 1.54) is 7.14 Å². The van der Waals surface area contributed by atoms with Crippen molar-refractivity contribution in [2.45, 2.75) is 0 Å². The zero-order valence-electron chi connectivity index (χ0n) is 11.4. The van der Waals surface area contributed by atoms with E-state index in [1.54, 1.807) is 12.4 Å². The molecule has 0 atom stereocenters. The van der Waals surface area contributed by atoms with Crippen LogP contribution in [-0.4, -0.2) is 18.4 Å². The Morgan fingerprint density at radius 3 is 1.91 bits per heavy atom. The molecule has 3 N–H and O–H groups in total. The van der Waals surface area contributed by atoms with Gasteiger partial charge in [0.15, 0.2) is 0 Å². The van der Waals surface area contributed by atoms with Gasteiger partial charge in [-0.25, -0.2) is 5.43 Å². The second kappa shape index (κ2) is 8.83. The normalized spacial score (nSPS) is 12.2. The summed E-state index contributed by atoms with van der Waals surface area (Å²) in [5.74, 6) is 0.128. The van der Waals surface area contributed by atoms with Crippen LogP contribution < -0.4 is 11.2 Å². The van der Waals surface area contributed by atoms with E-state index in [4.69, 9.17) is 5.73 Å². The molecule has 5 nitrogen and oxygen atoms in total. The SMILES string of the molecule is N/C(=N/N=C/c1ccc(I)cc1)N/N=C/c1ccc(I)cc1. The molecule has 22 heavy (non-hydrogen) atoms. The van der Waals surface area contributed by atoms with Gasteiger partial charge in [0.2, 0.25) is 5.96 Å². The van der Waals surface area contributed by atoms with Crippen LogP contribution >= 0.6 is 45.2 Å². The molecule has 0 aromatic heterocycles. The highest BCUT2D eigenvalue weighted by Gasteiger charge is 1.90. The van der Waals surface area contributed by atoms with Gasteiger partial charge in [0.05, 0.1) is 12.4 Å². The molecule has 0 heterocycles. The van der Waals surface area contributed by atoms with E-state index >= 15 is 0 Å². The molecule has 7 heteroatoms. The molecule has 0 unspecified atom stereocenters. The van der Waals surface area contributed by atoms with Crippen LogP contribution in [0.25, 0.3) is 0 Å². The third-order valence-electron chi connectivity index (χ3n) is 2.51. The van der Waals surface area contributed by atoms with E-state index in [9.17, 15) is 0 Å². The largest absolute Gasteiger partial charge is 0.367 e. The Labute approximate surface area is 156 Å². The summed E-state index contributed by atoms with van der Waals surface area (Å²) in [4.78, 5) is 0. The van der Waals surface area contributed by atoms with Gasteiger partial charge in [-0.3, -0.25) is 0 Å². The van der Waals surface area contributed by atoms with Crippen LogP contribution in [0.2, 0.25) is 0 Å². The van der Waals surface area contributed by atoms with Gasteiger partial charge in [0.1, 0.15) is 0 Å². The fourth-order valence-electron chi connectivity index (χ4n) is 1.45. The maximum absolute atomic E-state index is 5.66. The van der Waals surface area contributed by atoms with E-state index in [0.717, 1.165) is 11.1 Å². The van der Waals surface area contributed by atoms with E-state index in [0.29, 0.717) is 0 Å². The monoisotopic (exact) mass is 517 g/mol. The summed E-state index contributed by atoms with van der Waals surface area (Å²) in [6, 6.07) is 15.9. The standard InChI is InChI=1S/C15H13I2N5/c16-13-5-1-11(2-6-13)9-19-21-15(18)22-20-10-12-3-7-14(17)8-4-12/h1-10H,(H3,18,21,22)/b19-9+,20-10+. The molecule has 0 fully saturated rings. The Morgan fingerprint density at radius 2 is 1.36 bits per heavy atom. The molecule has 0 spiro atoms. The van der Waals surface area contributed by atoms with Crippen LogP contribution in [-0.2, 0) is 0 Å². The van der Waals surface area contributed by atoms with Gasteiger partial charge in [-0.15, -0.1) is 5.10 Å². The van der Waals surface area contributed by atoms with Crippen molar-refractivity contribution in [1.82, 2.24) is 5.43 Å². The number of hydrogen-bond donors (Lipinski definition) is 2. The van der Waals surface area contributed by atoms with Crippen molar-refractivity contribution in [2.24, 2.45) is 21.0 Å². The van der Waals surface area contributed by atoms with Crippen LogP contribution in [0.1, 0.15) is 11.1 Å². The summed E-state index contributed by atoms with van der Waals surface area (Å²) in [6.45, 7) is 0. The Bertz CT molecular complexity index is 691. The van der Waals surface area contributed by atoms with Gasteiger partial charge in [0.25, 0.3) is 0 Å². The average Bonchev–Trinajstić information content (AvgIpc) is 2.51. The number of halogens is 2. The highest BCUT2D eigenvalue weighted by Crippen LogP contribution is 2.05. The van der Waals surface area contributed by atoms with Crippen LogP contribution in [0.5, 0.6) is 0 Å². The first kappa shape index (κ1) is 16.9. The molecule has 2 aromatic carbocycles. The number of guanidine groups is 1. The summed E-state index contributed by atoms with van der Waals surface area (Å²) in [7, 11) is 0. The van der Waals surface area contributed by atoms with Crippen molar-refractivity contribution in [1.29, 1.82) is 0 Å². The topological polar surface area (TPSA) is 75.1 Å². The average molecular weight is 517 g/mol. The third-order valence-corrected chi connectivity index (χ3v) is 3.94. The zero-order valence-corrected chi connectivity index (χ0v) is 15.8. The molecule has 0 aliphatic rings. The van der Waals surface area contributed by atoms with Gasteiger partial charge < -0.3 is 5.73 Å². The lowest BCUT2D eigenvalue weighted by Gasteiger charge is -1.96. The fourth-order valence-corrected chi connectivity index (χ4v) is 2.17. The van der Waals surface area contributed by atoms with Crippen LogP contribution in [0, 0.1) is 7.14 Å². The van der Waals surface area contributed by atoms with Crippen molar-refractivity contribution in [3.8, 4) is 0 Å². The Balaban J connectivity index is 1.87. The van der Waals surface area contributed by atoms with Crippen molar-refractivity contribution >= 4 is 63.6 Å². The Kier molecular flexibility index (Phi) is 6.77. The molecule has 0 saturated heterocycles. The molecule has 0 aliphatic carbocycles. The molecule has 0 saturated carbocycles. The third kappa shape index (κ3) is 6.10. The minimum absolute atomic E-state index is 0.128. The molecule has 2 aromatic rings. The highest BCUT2D eigenvalue weighted by atomic mass is 127. The van der Waals surface area contributed by atoms with Crippen LogP contribution in [0.15, 0.2) is 63.8 Å². The summed E-state index contributed by atoms with van der Waals surface area (Å²) < 4.78 is 2.35. The van der Waals surface area contributed by atoms with Crippen LogP contribution in [0.4, 0.5) is 0 Å². The Morgan fingerprint density at radius 1 is 0.864 bits per heavy atom. The minimum Gasteiger partial charge on any atom is -0.367 e. The van der Waals surface area contributed by atoms with E-state index in [1.807, 2.05) is 48.5 Å². The smallest absolute Gasteiger partial charge is 0.234 e. The lowest BCUT2D eigenvalue weighted by atomic mass is 10.2. The lowest BCUT2D eigenvalue weighted by Crippen LogP contribution is -2.26. The molecule has 2 rings (SSSR count). The predicted molar refractivity (Wildman–Crippen MR) is 108 cm³/mol. The minimum atomic E-state index is 0.128. The van der Waals surface area contributed by atoms with Crippen LogP contribution in [0.3, 0.4) is 0 Å². The molecule has 0 bridgehead atoms. The number of benzene rings is 2. The first-order chi connectivity index (χ1) is 10.6. The first-order valence-electron chi connectivity index (χ1n) is 6.30. The van der Waals surface area contributed by atoms with E-state index in [-0.39, 0.29) is 5.96 Å². The number of rotatable bonds is 4. The number of hydrogen-bond acceptors (Lipinski definition) is 3. The lowest BCUT2D eigenvalue weighted by molar-refractivity contribution is 0.994. The van der Waals surface area contributed by atoms with Crippen molar-refractivity contribution in [3.05, 3.63) is 66.8 Å². The summed E-state index contributed by atoms with van der Waals surface area (Å²) in [6.07, 6.45) is 3.30. The predicted octanol–water partition coefficient (Wildman–Crippen LogP) is 3.17. The van der Waals surface area contributed by atoms with Crippen molar-refractivity contribution in [3.63, 3.8) is 0 Å². The summed E-state index contributed by atoms with van der Waals surface area (Å²) in [5.41, 5.74) is 10.2. The zero-order chi connectivity index (χ0) is 15.8. The van der Waals surface area contributed by atoms with Gasteiger partial charge in [0, 0.05) is 7.14 Å². The molecule has 0 amide bonds. The van der Waals surface area contributed by atoms with E-state index in [2.05, 4.69) is 65.9 Å². The number of nitrogens with two attached hydrogens (primary N) is 1. The van der Waals surface area contributed by atoms with Gasteiger partial charge in [-0.2, -0.15) is 10.2 Å². The second-order valence-electron chi connectivity index (χ2n) is 4.20. The molecule has 112 valence electrons. The maximum Gasteiger partial charge on any atom is 0.234 e. The van der Waals surface area contributed by atoms with Crippen molar-refractivity contribution in [2.75, 3.05) is 0 Å².